The molecule has 0 amide bonds. The first-order chi connectivity index (χ1) is 10.3. The van der Waals surface area contributed by atoms with Crippen LogP contribution >= 0.6 is 15.9 Å². The zero-order valence-corrected chi connectivity index (χ0v) is 14.6. The largest absolute Gasteiger partial charge is 0.456 e. The smallest absolute Gasteiger partial charge is 0.338 e. The first-order valence-electron chi connectivity index (χ1n) is 7.10. The van der Waals surface area contributed by atoms with Crippen LogP contribution in [0.1, 0.15) is 42.3 Å². The third-order valence-electron chi connectivity index (χ3n) is 2.88. The zero-order chi connectivity index (χ0) is 16.2. The Kier molecular flexibility index (Phi) is 5.19. The van der Waals surface area contributed by atoms with E-state index >= 15 is 0 Å². The molecule has 22 heavy (non-hydrogen) atoms. The summed E-state index contributed by atoms with van der Waals surface area (Å²) in [5, 5.41) is 0. The average molecular weight is 359 g/mol. The van der Waals surface area contributed by atoms with Gasteiger partial charge < -0.3 is 4.74 Å². The van der Waals surface area contributed by atoms with E-state index in [1.54, 1.807) is 12.1 Å². The highest BCUT2D eigenvalue weighted by molar-refractivity contribution is 9.10. The van der Waals surface area contributed by atoms with Crippen LogP contribution in [0.3, 0.4) is 0 Å². The Hall–Kier alpha value is -1.87. The van der Waals surface area contributed by atoms with Crippen LogP contribution in [0.25, 0.3) is 12.2 Å². The molecule has 0 fully saturated rings. The molecule has 0 saturated heterocycles. The van der Waals surface area contributed by atoms with Crippen LogP contribution in [0.15, 0.2) is 53.0 Å². The fourth-order valence-corrected chi connectivity index (χ4v) is 2.10. The Morgan fingerprint density at radius 2 is 1.36 bits per heavy atom. The Bertz CT molecular complexity index is 662. The lowest BCUT2D eigenvalue weighted by molar-refractivity contribution is 0.00695. The van der Waals surface area contributed by atoms with Gasteiger partial charge in [0, 0.05) is 4.47 Å². The number of carbonyl (C=O) groups is 1. The van der Waals surface area contributed by atoms with Gasteiger partial charge in [0.25, 0.3) is 0 Å². The summed E-state index contributed by atoms with van der Waals surface area (Å²) in [4.78, 5) is 11.9. The summed E-state index contributed by atoms with van der Waals surface area (Å²) in [5.41, 5.74) is 2.25. The maximum absolute atomic E-state index is 11.9. The van der Waals surface area contributed by atoms with Crippen LogP contribution in [0.5, 0.6) is 0 Å². The van der Waals surface area contributed by atoms with E-state index < -0.39 is 5.60 Å². The van der Waals surface area contributed by atoms with Gasteiger partial charge in [-0.25, -0.2) is 4.79 Å². The lowest BCUT2D eigenvalue weighted by atomic mass is 10.1. The zero-order valence-electron chi connectivity index (χ0n) is 13.0. The molecule has 0 heterocycles. The van der Waals surface area contributed by atoms with Crippen molar-refractivity contribution in [3.8, 4) is 0 Å². The average Bonchev–Trinajstić information content (AvgIpc) is 2.45. The predicted molar refractivity (Wildman–Crippen MR) is 94.7 cm³/mol. The highest BCUT2D eigenvalue weighted by atomic mass is 79.9. The van der Waals surface area contributed by atoms with Crippen LogP contribution in [0, 0.1) is 0 Å². The highest BCUT2D eigenvalue weighted by Crippen LogP contribution is 2.15. The summed E-state index contributed by atoms with van der Waals surface area (Å²) < 4.78 is 6.40. The van der Waals surface area contributed by atoms with Crippen molar-refractivity contribution in [3.63, 3.8) is 0 Å². The normalized spacial score (nSPS) is 11.6. The van der Waals surface area contributed by atoms with Crippen molar-refractivity contribution in [3.05, 3.63) is 69.7 Å². The molecule has 2 aromatic carbocycles. The molecule has 0 aliphatic carbocycles. The monoisotopic (exact) mass is 358 g/mol. The number of carbonyl (C=O) groups excluding carboxylic acids is 1. The molecule has 0 aliphatic rings. The van der Waals surface area contributed by atoms with Crippen LogP contribution < -0.4 is 0 Å². The molecule has 0 unspecified atom stereocenters. The van der Waals surface area contributed by atoms with E-state index in [2.05, 4.69) is 15.9 Å². The van der Waals surface area contributed by atoms with E-state index in [1.165, 1.54) is 0 Å². The lowest BCUT2D eigenvalue weighted by Crippen LogP contribution is -2.23. The summed E-state index contributed by atoms with van der Waals surface area (Å²) in [6.45, 7) is 5.58. The van der Waals surface area contributed by atoms with Crippen molar-refractivity contribution >= 4 is 34.1 Å². The second-order valence-electron chi connectivity index (χ2n) is 6.01. The van der Waals surface area contributed by atoms with Crippen molar-refractivity contribution in [2.75, 3.05) is 0 Å². The van der Waals surface area contributed by atoms with Crippen molar-refractivity contribution in [2.45, 2.75) is 26.4 Å². The maximum atomic E-state index is 11.9. The van der Waals surface area contributed by atoms with E-state index in [4.69, 9.17) is 4.74 Å². The minimum Gasteiger partial charge on any atom is -0.456 e. The van der Waals surface area contributed by atoms with Gasteiger partial charge in [0.1, 0.15) is 5.60 Å². The van der Waals surface area contributed by atoms with Crippen LogP contribution in [-0.4, -0.2) is 11.6 Å². The molecule has 114 valence electrons. The molecule has 0 radical (unpaired) electrons. The summed E-state index contributed by atoms with van der Waals surface area (Å²) in [7, 11) is 0. The molecule has 2 aromatic rings. The molecule has 2 nitrogen and oxygen atoms in total. The van der Waals surface area contributed by atoms with Gasteiger partial charge in [-0.2, -0.15) is 0 Å². The summed E-state index contributed by atoms with van der Waals surface area (Å²) in [6.07, 6.45) is 4.05. The van der Waals surface area contributed by atoms with Gasteiger partial charge in [0.2, 0.25) is 0 Å². The quantitative estimate of drug-likeness (QED) is 0.529. The molecular formula is C19H19BrO2. The molecule has 2 rings (SSSR count). The van der Waals surface area contributed by atoms with Gasteiger partial charge in [-0.3, -0.25) is 0 Å². The first-order valence-corrected chi connectivity index (χ1v) is 7.90. The van der Waals surface area contributed by atoms with E-state index in [0.29, 0.717) is 5.56 Å². The molecule has 0 atom stereocenters. The second kappa shape index (κ2) is 6.93. The van der Waals surface area contributed by atoms with Crippen LogP contribution in [0.2, 0.25) is 0 Å². The molecule has 0 N–H and O–H groups in total. The number of ether oxygens (including phenoxy) is 1. The Morgan fingerprint density at radius 1 is 0.909 bits per heavy atom. The van der Waals surface area contributed by atoms with Crippen molar-refractivity contribution in [2.24, 2.45) is 0 Å². The van der Waals surface area contributed by atoms with Gasteiger partial charge in [-0.1, -0.05) is 52.3 Å². The standard InChI is InChI=1S/C19H19BrO2/c1-19(2,3)22-18(21)16-10-6-14(7-11-16)4-5-15-8-12-17(20)13-9-15/h4-13H,1-3H3/b5-4-. The van der Waals surface area contributed by atoms with Gasteiger partial charge in [-0.05, 0) is 56.2 Å². The van der Waals surface area contributed by atoms with Crippen LogP contribution in [0.4, 0.5) is 0 Å². The van der Waals surface area contributed by atoms with Gasteiger partial charge in [0.15, 0.2) is 0 Å². The number of benzene rings is 2. The molecule has 0 saturated carbocycles. The number of hydrogen-bond donors (Lipinski definition) is 0. The van der Waals surface area contributed by atoms with Gasteiger partial charge in [-0.15, -0.1) is 0 Å². The molecular weight excluding hydrogens is 340 g/mol. The van der Waals surface area contributed by atoms with Crippen LogP contribution in [-0.2, 0) is 4.74 Å². The van der Waals surface area contributed by atoms with Gasteiger partial charge in [0.05, 0.1) is 5.56 Å². The summed E-state index contributed by atoms with van der Waals surface area (Å²) in [5.74, 6) is -0.295. The molecule has 0 bridgehead atoms. The SMILES string of the molecule is CC(C)(C)OC(=O)c1ccc(/C=C\c2ccc(Br)cc2)cc1. The van der Waals surface area contributed by atoms with E-state index in [0.717, 1.165) is 15.6 Å². The van der Waals surface area contributed by atoms with E-state index in [-0.39, 0.29) is 5.97 Å². The van der Waals surface area contributed by atoms with Crippen molar-refractivity contribution in [1.29, 1.82) is 0 Å². The molecule has 0 aliphatic heterocycles. The molecule has 0 spiro atoms. The topological polar surface area (TPSA) is 26.3 Å². The number of halogens is 1. The maximum Gasteiger partial charge on any atom is 0.338 e. The predicted octanol–water partition coefficient (Wildman–Crippen LogP) is 5.57. The number of esters is 1. The minimum absolute atomic E-state index is 0.295. The third-order valence-corrected chi connectivity index (χ3v) is 3.41. The third kappa shape index (κ3) is 5.15. The number of rotatable bonds is 3. The fourth-order valence-electron chi connectivity index (χ4n) is 1.83. The van der Waals surface area contributed by atoms with E-state index in [9.17, 15) is 4.79 Å². The van der Waals surface area contributed by atoms with Gasteiger partial charge >= 0.3 is 5.97 Å². The van der Waals surface area contributed by atoms with E-state index in [1.807, 2.05) is 69.3 Å². The lowest BCUT2D eigenvalue weighted by Gasteiger charge is -2.19. The summed E-state index contributed by atoms with van der Waals surface area (Å²) >= 11 is 3.42. The Morgan fingerprint density at radius 3 is 1.82 bits per heavy atom. The highest BCUT2D eigenvalue weighted by Gasteiger charge is 2.17. The Labute approximate surface area is 139 Å². The van der Waals surface area contributed by atoms with Crippen molar-refractivity contribution < 1.29 is 9.53 Å². The minimum atomic E-state index is -0.475. The molecule has 3 heteroatoms. The molecule has 0 aromatic heterocycles. The Balaban J connectivity index is 2.05. The van der Waals surface area contributed by atoms with Crippen molar-refractivity contribution in [1.82, 2.24) is 0 Å². The summed E-state index contributed by atoms with van der Waals surface area (Å²) in [6, 6.07) is 15.5. The fraction of sp³-hybridized carbons (Fsp3) is 0.211. The first kappa shape index (κ1) is 16.5. The number of hydrogen-bond acceptors (Lipinski definition) is 2. The second-order valence-corrected chi connectivity index (χ2v) is 6.92.